The highest BCUT2D eigenvalue weighted by molar-refractivity contribution is 7.91. The average Bonchev–Trinajstić information content (AvgIpc) is 3.63. The Hall–Kier alpha value is -4.13. The number of allylic oxidation sites excluding steroid dienone is 1. The lowest BCUT2D eigenvalue weighted by Crippen LogP contribution is -2.42. The molecule has 0 aliphatic carbocycles. The van der Waals surface area contributed by atoms with Crippen molar-refractivity contribution in [3.63, 3.8) is 0 Å². The summed E-state index contributed by atoms with van der Waals surface area (Å²) >= 11 is 0.635. The number of rotatable bonds is 6. The van der Waals surface area contributed by atoms with Crippen LogP contribution in [-0.2, 0) is 27.4 Å². The van der Waals surface area contributed by atoms with Gasteiger partial charge in [0.25, 0.3) is 10.0 Å². The number of nitrogens with one attached hydrogen (secondary N) is 2. The third kappa shape index (κ3) is 8.49. The Labute approximate surface area is 252 Å². The van der Waals surface area contributed by atoms with Crippen molar-refractivity contribution >= 4 is 38.2 Å². The van der Waals surface area contributed by atoms with E-state index in [-0.39, 0.29) is 20.2 Å². The van der Waals surface area contributed by atoms with Gasteiger partial charge in [-0.2, -0.15) is 17.9 Å². The minimum atomic E-state index is -4.52. The van der Waals surface area contributed by atoms with Crippen molar-refractivity contribution in [2.24, 2.45) is 0 Å². The predicted octanol–water partition coefficient (Wildman–Crippen LogP) is 7.40. The van der Waals surface area contributed by atoms with Crippen LogP contribution in [0.25, 0.3) is 10.9 Å². The van der Waals surface area contributed by atoms with Crippen LogP contribution in [0.5, 0.6) is 0 Å². The first-order valence-electron chi connectivity index (χ1n) is 12.5. The van der Waals surface area contributed by atoms with Crippen LogP contribution in [0.15, 0.2) is 59.5 Å². The SMILES string of the molecule is C=CC.CC.O=C(O)C(Cc1c[nH]c2c(F)c(F)c(F)c(F)c12)NS(=O)(=O)c1ccc(C#Cc2ccc(C(F)(F)F)cc2)s1. The van der Waals surface area contributed by atoms with Crippen LogP contribution in [-0.4, -0.2) is 30.5 Å². The molecule has 6 nitrogen and oxygen atoms in total. The second-order valence-corrected chi connectivity index (χ2v) is 11.4. The number of aliphatic carboxylic acids is 1. The third-order valence-electron chi connectivity index (χ3n) is 5.39. The number of halogens is 7. The number of aromatic amines is 1. The molecule has 0 amide bonds. The number of thiophene rings is 1. The number of aromatic nitrogens is 1. The van der Waals surface area contributed by atoms with Crippen molar-refractivity contribution in [2.45, 2.75) is 43.6 Å². The van der Waals surface area contributed by atoms with E-state index in [4.69, 9.17) is 0 Å². The molecule has 15 heteroatoms. The van der Waals surface area contributed by atoms with Crippen LogP contribution < -0.4 is 4.72 Å². The fourth-order valence-electron chi connectivity index (χ4n) is 3.51. The highest BCUT2D eigenvalue weighted by Gasteiger charge is 2.31. The van der Waals surface area contributed by atoms with Crippen molar-refractivity contribution < 1.29 is 49.1 Å². The monoisotopic (exact) mass is 662 g/mol. The van der Waals surface area contributed by atoms with Crippen molar-refractivity contribution in [2.75, 3.05) is 0 Å². The van der Waals surface area contributed by atoms with Crippen LogP contribution in [0.4, 0.5) is 30.7 Å². The van der Waals surface area contributed by atoms with Gasteiger partial charge < -0.3 is 10.1 Å². The Morgan fingerprint density at radius 1 is 1.02 bits per heavy atom. The van der Waals surface area contributed by atoms with Crippen molar-refractivity contribution in [1.82, 2.24) is 9.71 Å². The summed E-state index contributed by atoms with van der Waals surface area (Å²) < 4.78 is 121. The normalized spacial score (nSPS) is 11.8. The number of hydrogen-bond acceptors (Lipinski definition) is 4. The Balaban J connectivity index is 0.00000127. The summed E-state index contributed by atoms with van der Waals surface area (Å²) in [6.45, 7) is 9.25. The molecule has 0 saturated heterocycles. The number of H-pyrrole nitrogens is 1. The number of carboxylic acids is 1. The zero-order valence-corrected chi connectivity index (χ0v) is 24.9. The molecule has 2 aromatic heterocycles. The fraction of sp³-hybridized carbons (Fsp3) is 0.207. The lowest BCUT2D eigenvalue weighted by molar-refractivity contribution is -0.139. The first-order valence-corrected chi connectivity index (χ1v) is 14.8. The van der Waals surface area contributed by atoms with E-state index in [0.717, 1.165) is 36.5 Å². The number of alkyl halides is 3. The van der Waals surface area contributed by atoms with Gasteiger partial charge in [-0.25, -0.2) is 26.0 Å². The molecule has 0 bridgehead atoms. The molecule has 4 rings (SSSR count). The lowest BCUT2D eigenvalue weighted by atomic mass is 10.0. The molecular formula is C29H25F7N2O4S2. The molecule has 1 atom stereocenters. The van der Waals surface area contributed by atoms with Crippen molar-refractivity contribution in [3.8, 4) is 11.8 Å². The molecular weight excluding hydrogens is 637 g/mol. The third-order valence-corrected chi connectivity index (χ3v) is 8.35. The highest BCUT2D eigenvalue weighted by atomic mass is 32.2. The van der Waals surface area contributed by atoms with Crippen LogP contribution in [0.3, 0.4) is 0 Å². The van der Waals surface area contributed by atoms with Crippen LogP contribution in [0.1, 0.15) is 42.3 Å². The maximum atomic E-state index is 14.3. The summed E-state index contributed by atoms with van der Waals surface area (Å²) in [6.07, 6.45) is -2.63. The number of fused-ring (bicyclic) bond motifs is 1. The zero-order chi connectivity index (χ0) is 33.4. The quantitative estimate of drug-likeness (QED) is 0.0659. The molecule has 0 spiro atoms. The fourth-order valence-corrected chi connectivity index (χ4v) is 5.88. The van der Waals surface area contributed by atoms with E-state index >= 15 is 0 Å². The summed E-state index contributed by atoms with van der Waals surface area (Å²) in [7, 11) is -4.50. The van der Waals surface area contributed by atoms with Crippen LogP contribution >= 0.6 is 11.3 Å². The van der Waals surface area contributed by atoms with Crippen LogP contribution in [0, 0.1) is 35.1 Å². The topological polar surface area (TPSA) is 99.3 Å². The minimum absolute atomic E-state index is 0.189. The van der Waals surface area contributed by atoms with Crippen molar-refractivity contribution in [1.29, 1.82) is 0 Å². The maximum Gasteiger partial charge on any atom is 0.416 e. The largest absolute Gasteiger partial charge is 0.480 e. The molecule has 1 unspecified atom stereocenters. The maximum absolute atomic E-state index is 14.3. The van der Waals surface area contributed by atoms with Gasteiger partial charge in [0, 0.05) is 23.6 Å². The van der Waals surface area contributed by atoms with Gasteiger partial charge >= 0.3 is 12.1 Å². The summed E-state index contributed by atoms with van der Waals surface area (Å²) in [4.78, 5) is 14.1. The molecule has 0 fully saturated rings. The van der Waals surface area contributed by atoms with E-state index in [1.165, 1.54) is 6.07 Å². The summed E-state index contributed by atoms with van der Waals surface area (Å²) in [5.74, 6) is -4.21. The predicted molar refractivity (Wildman–Crippen MR) is 153 cm³/mol. The zero-order valence-electron chi connectivity index (χ0n) is 23.2. The van der Waals surface area contributed by atoms with Gasteiger partial charge in [0.2, 0.25) is 0 Å². The van der Waals surface area contributed by atoms with Gasteiger partial charge in [0.15, 0.2) is 23.3 Å². The molecule has 236 valence electrons. The molecule has 44 heavy (non-hydrogen) atoms. The second-order valence-electron chi connectivity index (χ2n) is 8.39. The Bertz CT molecular complexity index is 1800. The summed E-state index contributed by atoms with van der Waals surface area (Å²) in [5.41, 5.74) is -1.73. The van der Waals surface area contributed by atoms with E-state index in [0.29, 0.717) is 11.3 Å². The standard InChI is InChI=1S/C24H13F7N2O4S2.C3H6.C2H6/c25-18-17-12(10-32-22(17)21(28)20(27)19(18)26)9-15(23(34)35)33-39(36,37)16-8-7-14(38-16)6-3-11-1-4-13(5-2-11)24(29,30)31;1-3-2;1-2/h1-2,4-5,7-8,10,15,32-33H,9H2,(H,34,35);3H,1H2,2H3;1-2H3. The summed E-state index contributed by atoms with van der Waals surface area (Å²) in [5, 5.41) is 8.76. The molecule has 3 N–H and O–H groups in total. The Morgan fingerprint density at radius 3 is 2.14 bits per heavy atom. The van der Waals surface area contributed by atoms with Gasteiger partial charge in [0.05, 0.1) is 16.0 Å². The molecule has 0 saturated carbocycles. The number of carboxylic acid groups (broad SMARTS) is 1. The Kier molecular flexibility index (Phi) is 12.3. The molecule has 0 aliphatic heterocycles. The minimum Gasteiger partial charge on any atom is -0.480 e. The van der Waals surface area contributed by atoms with Crippen molar-refractivity contribution in [3.05, 3.63) is 100 Å². The average molecular weight is 663 g/mol. The first-order chi connectivity index (χ1) is 20.6. The molecule has 0 aliphatic rings. The number of carbonyl (C=O) groups is 1. The van der Waals surface area contributed by atoms with Gasteiger partial charge in [-0.1, -0.05) is 31.8 Å². The van der Waals surface area contributed by atoms with E-state index in [1.54, 1.807) is 6.08 Å². The van der Waals surface area contributed by atoms with Gasteiger partial charge in [-0.3, -0.25) is 4.79 Å². The second kappa shape index (κ2) is 15.0. The van der Waals surface area contributed by atoms with Gasteiger partial charge in [0.1, 0.15) is 10.3 Å². The molecule has 2 aromatic carbocycles. The van der Waals surface area contributed by atoms with E-state index in [9.17, 15) is 49.1 Å². The van der Waals surface area contributed by atoms with Gasteiger partial charge in [-0.05, 0) is 48.9 Å². The molecule has 2 heterocycles. The first kappa shape index (κ1) is 36.1. The van der Waals surface area contributed by atoms with E-state index in [2.05, 4.69) is 23.4 Å². The van der Waals surface area contributed by atoms with Gasteiger partial charge in [-0.15, -0.1) is 17.9 Å². The number of sulfonamides is 1. The highest BCUT2D eigenvalue weighted by Crippen LogP contribution is 2.31. The number of hydrogen-bond donors (Lipinski definition) is 3. The molecule has 4 aromatic rings. The van der Waals surface area contributed by atoms with E-state index < -0.39 is 74.4 Å². The van der Waals surface area contributed by atoms with E-state index in [1.807, 2.05) is 25.5 Å². The Morgan fingerprint density at radius 2 is 1.59 bits per heavy atom. The van der Waals surface area contributed by atoms with Crippen LogP contribution in [0.2, 0.25) is 0 Å². The summed E-state index contributed by atoms with van der Waals surface area (Å²) in [6, 6.07) is 4.43. The lowest BCUT2D eigenvalue weighted by Gasteiger charge is -2.14. The smallest absolute Gasteiger partial charge is 0.416 e. The number of benzene rings is 2. The molecule has 0 radical (unpaired) electrons.